The van der Waals surface area contributed by atoms with Crippen LogP contribution in [0.1, 0.15) is 23.6 Å². The fourth-order valence-electron chi connectivity index (χ4n) is 2.25. The Morgan fingerprint density at radius 3 is 2.52 bits per heavy atom. The molecule has 2 rings (SSSR count). The van der Waals surface area contributed by atoms with Gasteiger partial charge in [0.05, 0.1) is 0 Å². The number of nitrogens with one attached hydrogen (secondary N) is 2. The predicted octanol–water partition coefficient (Wildman–Crippen LogP) is 3.07. The fraction of sp³-hybridized carbons (Fsp3) is 0.389. The van der Waals surface area contributed by atoms with Gasteiger partial charge in [0.2, 0.25) is 0 Å². The van der Waals surface area contributed by atoms with Crippen LogP contribution in [0, 0.1) is 0 Å². The summed E-state index contributed by atoms with van der Waals surface area (Å²) in [6, 6.07) is 10.8. The van der Waals surface area contributed by atoms with E-state index in [1.165, 1.54) is 16.7 Å². The van der Waals surface area contributed by atoms with E-state index in [1.54, 1.807) is 18.4 Å². The van der Waals surface area contributed by atoms with Crippen LogP contribution in [0.5, 0.6) is 0 Å². The molecule has 0 saturated heterocycles. The monoisotopic (exact) mass is 330 g/mol. The van der Waals surface area contributed by atoms with E-state index in [9.17, 15) is 0 Å². The lowest BCUT2D eigenvalue weighted by Crippen LogP contribution is -2.36. The van der Waals surface area contributed by atoms with Crippen molar-refractivity contribution in [2.75, 3.05) is 20.6 Å². The van der Waals surface area contributed by atoms with Gasteiger partial charge in [-0.15, -0.1) is 0 Å². The maximum Gasteiger partial charge on any atom is 0.191 e. The second-order valence-electron chi connectivity index (χ2n) is 5.56. The van der Waals surface area contributed by atoms with Crippen molar-refractivity contribution < 1.29 is 0 Å². The van der Waals surface area contributed by atoms with E-state index < -0.39 is 0 Å². The molecule has 0 fully saturated rings. The van der Waals surface area contributed by atoms with E-state index in [1.807, 2.05) is 0 Å². The molecule has 0 amide bonds. The van der Waals surface area contributed by atoms with E-state index in [-0.39, 0.29) is 0 Å². The molecule has 2 aromatic rings. The molecule has 23 heavy (non-hydrogen) atoms. The van der Waals surface area contributed by atoms with E-state index >= 15 is 0 Å². The van der Waals surface area contributed by atoms with Gasteiger partial charge in [-0.05, 0) is 47.1 Å². The van der Waals surface area contributed by atoms with Crippen LogP contribution < -0.4 is 10.6 Å². The number of nitrogens with zero attached hydrogens (tertiary/aromatic N) is 2. The van der Waals surface area contributed by atoms with Gasteiger partial charge in [-0.2, -0.15) is 11.3 Å². The molecule has 5 heteroatoms. The minimum atomic E-state index is 0.771. The highest BCUT2D eigenvalue weighted by molar-refractivity contribution is 7.07. The first kappa shape index (κ1) is 17.5. The Kier molecular flexibility index (Phi) is 7.10. The highest BCUT2D eigenvalue weighted by Crippen LogP contribution is 2.08. The quantitative estimate of drug-likeness (QED) is 0.605. The summed E-state index contributed by atoms with van der Waals surface area (Å²) >= 11 is 1.71. The molecule has 4 nitrogen and oxygen atoms in total. The van der Waals surface area contributed by atoms with Crippen LogP contribution in [0.2, 0.25) is 0 Å². The molecule has 0 spiro atoms. The summed E-state index contributed by atoms with van der Waals surface area (Å²) in [6.07, 6.45) is 0. The Morgan fingerprint density at radius 2 is 1.87 bits per heavy atom. The van der Waals surface area contributed by atoms with Gasteiger partial charge in [-0.25, -0.2) is 0 Å². The van der Waals surface area contributed by atoms with Crippen LogP contribution >= 0.6 is 11.3 Å². The molecule has 2 N–H and O–H groups in total. The van der Waals surface area contributed by atoms with Gasteiger partial charge in [0.1, 0.15) is 0 Å². The first-order chi connectivity index (χ1) is 11.2. The molecule has 1 aromatic carbocycles. The zero-order chi connectivity index (χ0) is 16.5. The molecular weight excluding hydrogens is 304 g/mol. The molecule has 0 unspecified atom stereocenters. The largest absolute Gasteiger partial charge is 0.352 e. The molecule has 1 heterocycles. The molecule has 0 aliphatic rings. The third-order valence-electron chi connectivity index (χ3n) is 3.71. The first-order valence-electron chi connectivity index (χ1n) is 7.93. The lowest BCUT2D eigenvalue weighted by molar-refractivity contribution is 0.345. The normalized spacial score (nSPS) is 11.7. The molecular formula is C18H26N4S. The van der Waals surface area contributed by atoms with Crippen molar-refractivity contribution in [3.8, 4) is 0 Å². The topological polar surface area (TPSA) is 39.7 Å². The average Bonchev–Trinajstić information content (AvgIpc) is 3.08. The standard InChI is InChI=1S/C18H26N4S/c1-4-22(3)13-16-7-5-6-15(10-16)11-20-18(19-2)21-12-17-8-9-23-14-17/h5-10,14H,4,11-13H2,1-3H3,(H2,19,20,21). The van der Waals surface area contributed by atoms with Crippen molar-refractivity contribution in [3.63, 3.8) is 0 Å². The van der Waals surface area contributed by atoms with Crippen molar-refractivity contribution >= 4 is 17.3 Å². The zero-order valence-corrected chi connectivity index (χ0v) is 15.0. The second kappa shape index (κ2) is 9.33. The SMILES string of the molecule is CCN(C)Cc1cccc(CNC(=NC)NCc2ccsc2)c1. The smallest absolute Gasteiger partial charge is 0.191 e. The lowest BCUT2D eigenvalue weighted by Gasteiger charge is -2.15. The second-order valence-corrected chi connectivity index (χ2v) is 6.34. The highest BCUT2D eigenvalue weighted by atomic mass is 32.1. The number of benzene rings is 1. The highest BCUT2D eigenvalue weighted by Gasteiger charge is 2.02. The summed E-state index contributed by atoms with van der Waals surface area (Å²) in [5, 5.41) is 10.9. The molecule has 0 atom stereocenters. The Balaban J connectivity index is 1.84. The van der Waals surface area contributed by atoms with E-state index in [0.29, 0.717) is 0 Å². The molecule has 0 saturated carbocycles. The molecule has 124 valence electrons. The average molecular weight is 331 g/mol. The van der Waals surface area contributed by atoms with Crippen molar-refractivity contribution in [2.24, 2.45) is 4.99 Å². The maximum absolute atomic E-state index is 4.28. The molecule has 0 aliphatic carbocycles. The van der Waals surface area contributed by atoms with Gasteiger partial charge in [0.25, 0.3) is 0 Å². The van der Waals surface area contributed by atoms with Crippen molar-refractivity contribution in [3.05, 3.63) is 57.8 Å². The lowest BCUT2D eigenvalue weighted by atomic mass is 10.1. The van der Waals surface area contributed by atoms with Crippen LogP contribution in [0.25, 0.3) is 0 Å². The maximum atomic E-state index is 4.28. The zero-order valence-electron chi connectivity index (χ0n) is 14.2. The Labute approximate surface area is 143 Å². The number of hydrogen-bond donors (Lipinski definition) is 2. The number of thiophene rings is 1. The summed E-state index contributed by atoms with van der Waals surface area (Å²) in [6.45, 7) is 5.78. The van der Waals surface area contributed by atoms with E-state index in [4.69, 9.17) is 0 Å². The van der Waals surface area contributed by atoms with Gasteiger partial charge in [0, 0.05) is 26.7 Å². The van der Waals surface area contributed by atoms with Gasteiger partial charge in [-0.3, -0.25) is 4.99 Å². The van der Waals surface area contributed by atoms with Gasteiger partial charge in [-0.1, -0.05) is 31.2 Å². The minimum absolute atomic E-state index is 0.771. The van der Waals surface area contributed by atoms with Gasteiger partial charge in [0.15, 0.2) is 5.96 Å². The predicted molar refractivity (Wildman–Crippen MR) is 99.8 cm³/mol. The summed E-state index contributed by atoms with van der Waals surface area (Å²) < 4.78 is 0. The Bertz CT molecular complexity index is 607. The van der Waals surface area contributed by atoms with Crippen molar-refractivity contribution in [1.29, 1.82) is 0 Å². The van der Waals surface area contributed by atoms with Crippen LogP contribution in [0.3, 0.4) is 0 Å². The minimum Gasteiger partial charge on any atom is -0.352 e. The summed E-state index contributed by atoms with van der Waals surface area (Å²) in [7, 11) is 3.94. The van der Waals surface area contributed by atoms with Crippen LogP contribution in [0.15, 0.2) is 46.1 Å². The summed E-state index contributed by atoms with van der Waals surface area (Å²) in [4.78, 5) is 6.58. The van der Waals surface area contributed by atoms with Crippen LogP contribution in [-0.2, 0) is 19.6 Å². The van der Waals surface area contributed by atoms with Gasteiger partial charge >= 0.3 is 0 Å². The Hall–Kier alpha value is -1.85. The van der Waals surface area contributed by atoms with Crippen LogP contribution in [-0.4, -0.2) is 31.5 Å². The molecule has 0 radical (unpaired) electrons. The Morgan fingerprint density at radius 1 is 1.13 bits per heavy atom. The van der Waals surface area contributed by atoms with E-state index in [0.717, 1.165) is 32.1 Å². The van der Waals surface area contributed by atoms with Crippen molar-refractivity contribution in [1.82, 2.24) is 15.5 Å². The molecule has 0 bridgehead atoms. The number of guanidine groups is 1. The fourth-order valence-corrected chi connectivity index (χ4v) is 2.92. The number of rotatable bonds is 7. The third kappa shape index (κ3) is 6.04. The van der Waals surface area contributed by atoms with Crippen LogP contribution in [0.4, 0.5) is 0 Å². The molecule has 0 aliphatic heterocycles. The molecule has 1 aromatic heterocycles. The number of aliphatic imine (C=N–C) groups is 1. The third-order valence-corrected chi connectivity index (χ3v) is 4.44. The number of hydrogen-bond acceptors (Lipinski definition) is 3. The van der Waals surface area contributed by atoms with Crippen molar-refractivity contribution in [2.45, 2.75) is 26.6 Å². The first-order valence-corrected chi connectivity index (χ1v) is 8.87. The summed E-state index contributed by atoms with van der Waals surface area (Å²) in [5.41, 5.74) is 3.89. The summed E-state index contributed by atoms with van der Waals surface area (Å²) in [5.74, 6) is 0.826. The van der Waals surface area contributed by atoms with Gasteiger partial charge < -0.3 is 15.5 Å². The van der Waals surface area contributed by atoms with E-state index in [2.05, 4.69) is 75.6 Å².